The zero-order valence-corrected chi connectivity index (χ0v) is 11.8. The molecule has 2 aromatic rings. The van der Waals surface area contributed by atoms with E-state index in [1.54, 1.807) is 43.3 Å². The summed E-state index contributed by atoms with van der Waals surface area (Å²) in [6.07, 6.45) is 0.688. The number of benzene rings is 2. The Balaban J connectivity index is 1.86. The van der Waals surface area contributed by atoms with Crippen molar-refractivity contribution >= 4 is 5.97 Å². The number of carboxylic acids is 1. The van der Waals surface area contributed by atoms with Crippen molar-refractivity contribution in [2.24, 2.45) is 0 Å². The van der Waals surface area contributed by atoms with Crippen LogP contribution in [0, 0.1) is 5.82 Å². The third kappa shape index (κ3) is 4.31. The molecule has 0 spiro atoms. The van der Waals surface area contributed by atoms with Crippen LogP contribution in [0.1, 0.15) is 24.0 Å². The summed E-state index contributed by atoms with van der Waals surface area (Å²) in [5, 5.41) is 8.93. The van der Waals surface area contributed by atoms with Gasteiger partial charge in [-0.25, -0.2) is 4.39 Å². The summed E-state index contributed by atoms with van der Waals surface area (Å²) in [6.45, 7) is 2.13. The number of hydrogen-bond donors (Lipinski definition) is 1. The van der Waals surface area contributed by atoms with E-state index in [2.05, 4.69) is 0 Å². The van der Waals surface area contributed by atoms with Gasteiger partial charge in [-0.3, -0.25) is 4.79 Å². The minimum absolute atomic E-state index is 0.247. The van der Waals surface area contributed by atoms with Gasteiger partial charge in [0.25, 0.3) is 0 Å². The lowest BCUT2D eigenvalue weighted by Gasteiger charge is -2.09. The highest BCUT2D eigenvalue weighted by Crippen LogP contribution is 2.19. The lowest BCUT2D eigenvalue weighted by Crippen LogP contribution is -2.07. The van der Waals surface area contributed by atoms with Crippen LogP contribution in [-0.4, -0.2) is 17.7 Å². The fraction of sp³-hybridized carbons (Fsp3) is 0.235. The quantitative estimate of drug-likeness (QED) is 0.882. The van der Waals surface area contributed by atoms with Gasteiger partial charge in [0.15, 0.2) is 0 Å². The SMILES string of the molecule is CC(C(=O)O)c1ccc(OCCc2ccc(F)cc2)cc1. The maximum absolute atomic E-state index is 12.8. The molecular formula is C17H17FO3. The fourth-order valence-electron chi connectivity index (χ4n) is 1.93. The molecule has 0 saturated heterocycles. The third-order valence-corrected chi connectivity index (χ3v) is 3.32. The molecule has 0 aliphatic heterocycles. The lowest BCUT2D eigenvalue weighted by molar-refractivity contribution is -0.138. The Hall–Kier alpha value is -2.36. The summed E-state index contributed by atoms with van der Waals surface area (Å²) in [7, 11) is 0. The van der Waals surface area contributed by atoms with Crippen molar-refractivity contribution in [3.05, 3.63) is 65.5 Å². The second-order valence-electron chi connectivity index (χ2n) is 4.85. The number of ether oxygens (including phenoxy) is 1. The molecule has 1 N–H and O–H groups in total. The zero-order chi connectivity index (χ0) is 15.2. The number of halogens is 1. The second-order valence-corrected chi connectivity index (χ2v) is 4.85. The molecule has 2 rings (SSSR count). The van der Waals surface area contributed by atoms with Gasteiger partial charge < -0.3 is 9.84 Å². The van der Waals surface area contributed by atoms with Crippen molar-refractivity contribution < 1.29 is 19.0 Å². The molecule has 3 nitrogen and oxygen atoms in total. The molecule has 1 atom stereocenters. The molecule has 0 radical (unpaired) electrons. The number of rotatable bonds is 6. The van der Waals surface area contributed by atoms with Gasteiger partial charge in [0, 0.05) is 6.42 Å². The highest BCUT2D eigenvalue weighted by Gasteiger charge is 2.12. The average molecular weight is 288 g/mol. The Morgan fingerprint density at radius 3 is 2.33 bits per heavy atom. The first-order valence-corrected chi connectivity index (χ1v) is 6.76. The number of hydrogen-bond acceptors (Lipinski definition) is 2. The fourth-order valence-corrected chi connectivity index (χ4v) is 1.93. The first-order valence-electron chi connectivity index (χ1n) is 6.76. The first kappa shape index (κ1) is 15.0. The zero-order valence-electron chi connectivity index (χ0n) is 11.8. The van der Waals surface area contributed by atoms with Crippen molar-refractivity contribution in [1.82, 2.24) is 0 Å². The molecule has 0 aliphatic rings. The van der Waals surface area contributed by atoms with Crippen molar-refractivity contribution in [3.63, 3.8) is 0 Å². The summed E-state index contributed by atoms with van der Waals surface area (Å²) < 4.78 is 18.4. The average Bonchev–Trinajstić information content (AvgIpc) is 2.49. The highest BCUT2D eigenvalue weighted by atomic mass is 19.1. The van der Waals surface area contributed by atoms with Crippen molar-refractivity contribution in [2.45, 2.75) is 19.3 Å². The van der Waals surface area contributed by atoms with Gasteiger partial charge in [-0.2, -0.15) is 0 Å². The van der Waals surface area contributed by atoms with Crippen LogP contribution in [0.2, 0.25) is 0 Å². The van der Waals surface area contributed by atoms with E-state index in [-0.39, 0.29) is 5.82 Å². The van der Waals surface area contributed by atoms with Crippen molar-refractivity contribution in [2.75, 3.05) is 6.61 Å². The number of aliphatic carboxylic acids is 1. The normalized spacial score (nSPS) is 11.9. The summed E-state index contributed by atoms with van der Waals surface area (Å²) in [4.78, 5) is 10.9. The topological polar surface area (TPSA) is 46.5 Å². The van der Waals surface area contributed by atoms with Gasteiger partial charge in [-0.15, -0.1) is 0 Å². The van der Waals surface area contributed by atoms with Gasteiger partial charge in [0.05, 0.1) is 12.5 Å². The summed E-state index contributed by atoms with van der Waals surface area (Å²) in [5.74, 6) is -0.931. The van der Waals surface area contributed by atoms with Gasteiger partial charge >= 0.3 is 5.97 Å². The van der Waals surface area contributed by atoms with Gasteiger partial charge in [0.1, 0.15) is 11.6 Å². The van der Waals surface area contributed by atoms with Crippen molar-refractivity contribution in [3.8, 4) is 5.75 Å². The molecule has 2 aromatic carbocycles. The van der Waals surface area contributed by atoms with E-state index >= 15 is 0 Å². The van der Waals surface area contributed by atoms with Crippen LogP contribution in [0.4, 0.5) is 4.39 Å². The molecular weight excluding hydrogens is 271 g/mol. The maximum atomic E-state index is 12.8. The third-order valence-electron chi connectivity index (χ3n) is 3.32. The molecule has 0 aromatic heterocycles. The lowest BCUT2D eigenvalue weighted by atomic mass is 10.0. The van der Waals surface area contributed by atoms with Crippen LogP contribution in [0.15, 0.2) is 48.5 Å². The monoisotopic (exact) mass is 288 g/mol. The summed E-state index contributed by atoms with van der Waals surface area (Å²) in [6, 6.07) is 13.4. The second kappa shape index (κ2) is 6.88. The predicted molar refractivity (Wildman–Crippen MR) is 78.1 cm³/mol. The van der Waals surface area contributed by atoms with Crippen LogP contribution in [0.3, 0.4) is 0 Å². The van der Waals surface area contributed by atoms with Crippen LogP contribution >= 0.6 is 0 Å². The van der Waals surface area contributed by atoms with Gasteiger partial charge in [-0.1, -0.05) is 24.3 Å². The molecule has 0 bridgehead atoms. The van der Waals surface area contributed by atoms with Crippen LogP contribution in [0.25, 0.3) is 0 Å². The molecule has 0 heterocycles. The Kier molecular flexibility index (Phi) is 4.93. The number of carboxylic acid groups (broad SMARTS) is 1. The standard InChI is InChI=1S/C17H17FO3/c1-12(17(19)20)14-4-8-16(9-5-14)21-11-10-13-2-6-15(18)7-3-13/h2-9,12H,10-11H2,1H3,(H,19,20). The van der Waals surface area contributed by atoms with E-state index in [0.717, 1.165) is 11.1 Å². The van der Waals surface area contributed by atoms with E-state index in [1.807, 2.05) is 0 Å². The van der Waals surface area contributed by atoms with E-state index < -0.39 is 11.9 Å². The summed E-state index contributed by atoms with van der Waals surface area (Å²) in [5.41, 5.74) is 1.75. The minimum atomic E-state index is -0.847. The minimum Gasteiger partial charge on any atom is -0.493 e. The molecule has 4 heteroatoms. The molecule has 110 valence electrons. The Morgan fingerprint density at radius 2 is 1.76 bits per heavy atom. The van der Waals surface area contributed by atoms with E-state index in [0.29, 0.717) is 18.8 Å². The van der Waals surface area contributed by atoms with Gasteiger partial charge in [0.2, 0.25) is 0 Å². The van der Waals surface area contributed by atoms with Gasteiger partial charge in [-0.05, 0) is 42.3 Å². The molecule has 0 amide bonds. The van der Waals surface area contributed by atoms with E-state index in [9.17, 15) is 9.18 Å². The number of carbonyl (C=O) groups is 1. The highest BCUT2D eigenvalue weighted by molar-refractivity contribution is 5.75. The van der Waals surface area contributed by atoms with Crippen LogP contribution in [0.5, 0.6) is 5.75 Å². The Bertz CT molecular complexity index is 590. The smallest absolute Gasteiger partial charge is 0.310 e. The van der Waals surface area contributed by atoms with Crippen LogP contribution in [-0.2, 0) is 11.2 Å². The summed E-state index contributed by atoms with van der Waals surface area (Å²) >= 11 is 0. The first-order chi connectivity index (χ1) is 10.1. The molecule has 0 aliphatic carbocycles. The Morgan fingerprint density at radius 1 is 1.14 bits per heavy atom. The molecule has 21 heavy (non-hydrogen) atoms. The van der Waals surface area contributed by atoms with Crippen molar-refractivity contribution in [1.29, 1.82) is 0 Å². The maximum Gasteiger partial charge on any atom is 0.310 e. The molecule has 1 unspecified atom stereocenters. The molecule has 0 fully saturated rings. The largest absolute Gasteiger partial charge is 0.493 e. The molecule has 0 saturated carbocycles. The van der Waals surface area contributed by atoms with E-state index in [1.165, 1.54) is 12.1 Å². The predicted octanol–water partition coefficient (Wildman–Crippen LogP) is 3.64. The van der Waals surface area contributed by atoms with Crippen LogP contribution < -0.4 is 4.74 Å². The Labute approximate surface area is 123 Å². The van der Waals surface area contributed by atoms with E-state index in [4.69, 9.17) is 9.84 Å².